The molecule has 1 aliphatic heterocycles. The van der Waals surface area contributed by atoms with Gasteiger partial charge < -0.3 is 9.62 Å². The van der Waals surface area contributed by atoms with Crippen molar-refractivity contribution in [3.8, 4) is 0 Å². The Morgan fingerprint density at radius 2 is 1.41 bits per heavy atom. The molecule has 1 aliphatic carbocycles. The van der Waals surface area contributed by atoms with E-state index >= 15 is 0 Å². The molecular weight excluding hydrogens is 351 g/mol. The molecule has 0 aromatic carbocycles. The zero-order valence-corrected chi connectivity index (χ0v) is 20.7. The molecule has 1 heterocycles. The Hall–Kier alpha value is -0.535. The van der Waals surface area contributed by atoms with Gasteiger partial charge in [-0.2, -0.15) is 0 Å². The molecule has 0 amide bonds. The van der Waals surface area contributed by atoms with Crippen molar-refractivity contribution < 1.29 is 0 Å². The van der Waals surface area contributed by atoms with Crippen molar-refractivity contribution in [2.24, 2.45) is 0 Å². The van der Waals surface area contributed by atoms with E-state index < -0.39 is 0 Å². The second-order valence-electron chi connectivity index (χ2n) is 9.97. The van der Waals surface area contributed by atoms with Crippen molar-refractivity contribution in [2.45, 2.75) is 143 Å². The van der Waals surface area contributed by atoms with E-state index in [1.807, 2.05) is 0 Å². The second-order valence-corrected chi connectivity index (χ2v) is 9.97. The van der Waals surface area contributed by atoms with Crippen LogP contribution in [0.2, 0.25) is 0 Å². The maximum absolute atomic E-state index is 2.92. The van der Waals surface area contributed by atoms with Crippen LogP contribution in [0.5, 0.6) is 0 Å². The summed E-state index contributed by atoms with van der Waals surface area (Å²) in [6.45, 7) is 17.2. The van der Waals surface area contributed by atoms with Crippen LogP contribution in [-0.4, -0.2) is 40.8 Å². The first-order chi connectivity index (χ1) is 14.0. The van der Waals surface area contributed by atoms with Crippen LogP contribution < -0.4 is 0 Å². The molecule has 2 unspecified atom stereocenters. The van der Waals surface area contributed by atoms with Gasteiger partial charge in [0, 0.05) is 12.1 Å². The molecule has 0 spiro atoms. The van der Waals surface area contributed by atoms with Gasteiger partial charge in [0.05, 0.1) is 0 Å². The minimum absolute atomic E-state index is 0.500. The lowest BCUT2D eigenvalue weighted by Gasteiger charge is -2.36. The summed E-state index contributed by atoms with van der Waals surface area (Å²) >= 11 is 0. The summed E-state index contributed by atoms with van der Waals surface area (Å²) < 4.78 is 0. The predicted octanol–water partition coefficient (Wildman–Crippen LogP) is 7.40. The summed E-state index contributed by atoms with van der Waals surface area (Å²) in [4.78, 5) is 5.84. The molecule has 2 atom stereocenters. The number of fused-ring (bicyclic) bond motifs is 1. The minimum Gasteiger partial charge on any atom is -0.318 e. The fourth-order valence-corrected chi connectivity index (χ4v) is 5.89. The normalized spacial score (nSPS) is 24.8. The van der Waals surface area contributed by atoms with E-state index in [0.717, 1.165) is 12.1 Å². The highest BCUT2D eigenvalue weighted by Gasteiger charge is 2.53. The van der Waals surface area contributed by atoms with Gasteiger partial charge >= 0.3 is 6.98 Å². The molecule has 0 bridgehead atoms. The number of hydrogen-bond donors (Lipinski definition) is 0. The summed E-state index contributed by atoms with van der Waals surface area (Å²) in [6, 6.07) is 2.70. The van der Waals surface area contributed by atoms with Crippen LogP contribution in [0.25, 0.3) is 0 Å². The lowest BCUT2D eigenvalue weighted by Crippen LogP contribution is -2.52. The Morgan fingerprint density at radius 1 is 0.862 bits per heavy atom. The van der Waals surface area contributed by atoms with Crippen molar-refractivity contribution in [2.75, 3.05) is 0 Å². The molecule has 0 radical (unpaired) electrons. The Morgan fingerprint density at radius 3 is 1.86 bits per heavy atom. The molecule has 0 aromatic heterocycles. The van der Waals surface area contributed by atoms with Crippen LogP contribution in [0.4, 0.5) is 0 Å². The molecule has 1 saturated carbocycles. The lowest BCUT2D eigenvalue weighted by atomic mass is 9.59. The summed E-state index contributed by atoms with van der Waals surface area (Å²) in [6.07, 6.45) is 19.3. The van der Waals surface area contributed by atoms with Gasteiger partial charge in [0.15, 0.2) is 0 Å². The monoisotopic (exact) mass is 400 g/mol. The van der Waals surface area contributed by atoms with Crippen LogP contribution in [0.3, 0.4) is 0 Å². The van der Waals surface area contributed by atoms with Crippen LogP contribution in [0.1, 0.15) is 119 Å². The van der Waals surface area contributed by atoms with Gasteiger partial charge in [-0.05, 0) is 44.2 Å². The molecule has 166 valence electrons. The van der Waals surface area contributed by atoms with Gasteiger partial charge in [0.25, 0.3) is 0 Å². The quantitative estimate of drug-likeness (QED) is 0.202. The number of hydrogen-bond acceptors (Lipinski definition) is 2. The molecule has 2 nitrogen and oxygen atoms in total. The first-order valence-corrected chi connectivity index (χ1v) is 12.9. The van der Waals surface area contributed by atoms with E-state index in [1.165, 1.54) is 70.6 Å². The van der Waals surface area contributed by atoms with Crippen LogP contribution in [0, 0.1) is 0 Å². The van der Waals surface area contributed by atoms with Crippen molar-refractivity contribution >= 4 is 6.98 Å². The van der Waals surface area contributed by atoms with Crippen molar-refractivity contribution in [1.82, 2.24) is 9.62 Å². The third-order valence-corrected chi connectivity index (χ3v) is 7.02. The van der Waals surface area contributed by atoms with E-state index in [-0.39, 0.29) is 0 Å². The van der Waals surface area contributed by atoms with E-state index in [1.54, 1.807) is 11.0 Å². The van der Waals surface area contributed by atoms with E-state index in [9.17, 15) is 0 Å². The largest absolute Gasteiger partial charge is 0.343 e. The third-order valence-electron chi connectivity index (χ3n) is 7.02. The second kappa shape index (κ2) is 12.4. The van der Waals surface area contributed by atoms with Crippen LogP contribution in [-0.2, 0) is 0 Å². The summed E-state index contributed by atoms with van der Waals surface area (Å²) in [5.74, 6) is 0. The van der Waals surface area contributed by atoms with Gasteiger partial charge in [-0.25, -0.2) is 0 Å². The van der Waals surface area contributed by atoms with E-state index in [2.05, 4.69) is 70.2 Å². The topological polar surface area (TPSA) is 6.48 Å². The van der Waals surface area contributed by atoms with Crippen LogP contribution in [0.15, 0.2) is 23.2 Å². The Labute approximate surface area is 183 Å². The Balaban J connectivity index is 2.52. The third kappa shape index (κ3) is 6.00. The fourth-order valence-electron chi connectivity index (χ4n) is 5.89. The Bertz CT molecular complexity index is 513. The first-order valence-electron chi connectivity index (χ1n) is 12.9. The van der Waals surface area contributed by atoms with Gasteiger partial charge in [-0.3, -0.25) is 0 Å². The predicted molar refractivity (Wildman–Crippen MR) is 131 cm³/mol. The number of allylic oxidation sites excluding steroid dienone is 4. The molecular formula is C26H49BN2. The highest BCUT2D eigenvalue weighted by atomic mass is 15.4. The van der Waals surface area contributed by atoms with Crippen molar-refractivity contribution in [1.29, 1.82) is 0 Å². The molecule has 1 saturated heterocycles. The van der Waals surface area contributed by atoms with Gasteiger partial charge in [-0.1, -0.05) is 110 Å². The lowest BCUT2D eigenvalue weighted by molar-refractivity contribution is 0.173. The van der Waals surface area contributed by atoms with Gasteiger partial charge in [0.1, 0.15) is 0 Å². The summed E-state index contributed by atoms with van der Waals surface area (Å²) in [7, 11) is 0. The summed E-state index contributed by atoms with van der Waals surface area (Å²) in [5.41, 5.74) is 3.38. The minimum atomic E-state index is 0.500. The summed E-state index contributed by atoms with van der Waals surface area (Å²) in [5, 5.41) is 0. The van der Waals surface area contributed by atoms with Gasteiger partial charge in [-0.15, -0.1) is 0 Å². The average Bonchev–Trinajstić information content (AvgIpc) is 3.04. The highest BCUT2D eigenvalue weighted by Crippen LogP contribution is 2.41. The molecule has 3 heteroatoms. The number of rotatable bonds is 11. The van der Waals surface area contributed by atoms with E-state index in [4.69, 9.17) is 0 Å². The molecule has 2 aliphatic rings. The average molecular weight is 401 g/mol. The number of nitrogens with zero attached hydrogens (tertiary/aromatic N) is 2. The number of unbranched alkanes of at least 4 members (excludes halogenated alkanes) is 2. The maximum Gasteiger partial charge on any atom is 0.343 e. The van der Waals surface area contributed by atoms with Crippen LogP contribution >= 0.6 is 0 Å². The first kappa shape index (κ1) is 24.7. The molecule has 2 fully saturated rings. The van der Waals surface area contributed by atoms with Crippen molar-refractivity contribution in [3.63, 3.8) is 0 Å². The molecule has 0 N–H and O–H groups in total. The zero-order chi connectivity index (χ0) is 21.4. The molecule has 29 heavy (non-hydrogen) atoms. The highest BCUT2D eigenvalue weighted by molar-refractivity contribution is 6.62. The standard InChI is InChI=1S/C26H49BN2/c1-8-11-12-13-18-23(16-9-2)24(17-10-3)27-28(21(4)5)25-19-14-15-20-26(25)29(27)22(6)7/h13,18,21-22,25-26H,8-12,14-17,19-20H2,1-7H3/b18-13+,24-23-. The smallest absolute Gasteiger partial charge is 0.318 e. The van der Waals surface area contributed by atoms with Gasteiger partial charge in [0.2, 0.25) is 0 Å². The fraction of sp³-hybridized carbons (Fsp3) is 0.846. The van der Waals surface area contributed by atoms with Crippen molar-refractivity contribution in [3.05, 3.63) is 23.2 Å². The van der Waals surface area contributed by atoms with E-state index in [0.29, 0.717) is 19.1 Å². The maximum atomic E-state index is 2.92. The molecule has 0 aromatic rings. The zero-order valence-electron chi connectivity index (χ0n) is 20.7. The SMILES string of the molecule is CCCC/C=C/C(CCC)=C(/CCC)B1N(C(C)C)C2CCCCC2N1C(C)C. The Kier molecular flexibility index (Phi) is 10.5. The molecule has 2 rings (SSSR count).